The molecule has 1 aromatic heterocycles. The van der Waals surface area contributed by atoms with Crippen LogP contribution >= 0.6 is 27.3 Å². The first-order chi connectivity index (χ1) is 6.18. The van der Waals surface area contributed by atoms with Crippen molar-refractivity contribution in [2.45, 2.75) is 6.42 Å². The fraction of sp³-hybridized carbons (Fsp3) is 0.625. The first-order valence-corrected chi connectivity index (χ1v) is 5.85. The minimum atomic E-state index is 0.910. The smallest absolute Gasteiger partial charge is 0.183 e. The third kappa shape index (κ3) is 4.59. The van der Waals surface area contributed by atoms with E-state index in [0.29, 0.717) is 0 Å². The lowest BCUT2D eigenvalue weighted by atomic mass is 10.4. The Hall–Kier alpha value is -0.130. The van der Waals surface area contributed by atoms with E-state index in [1.807, 2.05) is 5.38 Å². The number of thiazole rings is 1. The van der Waals surface area contributed by atoms with Crippen LogP contribution in [0.15, 0.2) is 9.98 Å². The first kappa shape index (κ1) is 10.9. The van der Waals surface area contributed by atoms with Gasteiger partial charge in [0.1, 0.15) is 4.60 Å². The van der Waals surface area contributed by atoms with E-state index < -0.39 is 0 Å². The Morgan fingerprint density at radius 3 is 2.92 bits per heavy atom. The van der Waals surface area contributed by atoms with Gasteiger partial charge in [0.15, 0.2) is 5.13 Å². The zero-order chi connectivity index (χ0) is 9.68. The summed E-state index contributed by atoms with van der Waals surface area (Å²) in [5.41, 5.74) is 0. The van der Waals surface area contributed by atoms with Gasteiger partial charge in [-0.05, 0) is 43.0 Å². The number of aromatic nitrogens is 1. The van der Waals surface area contributed by atoms with Crippen LogP contribution in [-0.4, -0.2) is 37.1 Å². The lowest BCUT2D eigenvalue weighted by Gasteiger charge is -2.08. The molecule has 0 aliphatic rings. The third-order valence-corrected chi connectivity index (χ3v) is 3.04. The fourth-order valence-corrected chi connectivity index (χ4v) is 2.10. The Balaban J connectivity index is 2.13. The van der Waals surface area contributed by atoms with Gasteiger partial charge in [-0.15, -0.1) is 11.3 Å². The molecule has 0 saturated heterocycles. The van der Waals surface area contributed by atoms with E-state index in [-0.39, 0.29) is 0 Å². The second-order valence-electron chi connectivity index (χ2n) is 3.06. The molecular formula is C8H14BrN3S. The fourth-order valence-electron chi connectivity index (χ4n) is 0.926. The Morgan fingerprint density at radius 1 is 1.62 bits per heavy atom. The molecule has 0 radical (unpaired) electrons. The molecule has 0 unspecified atom stereocenters. The van der Waals surface area contributed by atoms with Crippen molar-refractivity contribution in [1.82, 2.24) is 9.88 Å². The van der Waals surface area contributed by atoms with Crippen molar-refractivity contribution in [3.63, 3.8) is 0 Å². The van der Waals surface area contributed by atoms with Gasteiger partial charge in [-0.1, -0.05) is 0 Å². The van der Waals surface area contributed by atoms with Crippen LogP contribution in [0.25, 0.3) is 0 Å². The van der Waals surface area contributed by atoms with E-state index in [4.69, 9.17) is 0 Å². The van der Waals surface area contributed by atoms with Gasteiger partial charge in [-0.25, -0.2) is 4.98 Å². The Labute approximate surface area is 91.3 Å². The molecular weight excluding hydrogens is 250 g/mol. The van der Waals surface area contributed by atoms with Crippen LogP contribution in [0.2, 0.25) is 0 Å². The predicted molar refractivity (Wildman–Crippen MR) is 61.5 cm³/mol. The van der Waals surface area contributed by atoms with E-state index in [2.05, 4.69) is 45.2 Å². The summed E-state index contributed by atoms with van der Waals surface area (Å²) in [7, 11) is 4.17. The largest absolute Gasteiger partial charge is 0.361 e. The molecule has 1 rings (SSSR count). The van der Waals surface area contributed by atoms with Gasteiger partial charge < -0.3 is 10.2 Å². The van der Waals surface area contributed by atoms with Crippen molar-refractivity contribution in [3.8, 4) is 0 Å². The minimum absolute atomic E-state index is 0.910. The SMILES string of the molecule is CN(C)CCCNc1nc(Br)cs1. The molecule has 0 fully saturated rings. The highest BCUT2D eigenvalue weighted by Crippen LogP contribution is 2.18. The van der Waals surface area contributed by atoms with Crippen molar-refractivity contribution >= 4 is 32.4 Å². The Morgan fingerprint density at radius 2 is 2.38 bits per heavy atom. The van der Waals surface area contributed by atoms with Crippen molar-refractivity contribution in [3.05, 3.63) is 9.98 Å². The molecule has 0 saturated carbocycles. The van der Waals surface area contributed by atoms with E-state index >= 15 is 0 Å². The molecule has 0 bridgehead atoms. The highest BCUT2D eigenvalue weighted by atomic mass is 79.9. The molecule has 0 aromatic carbocycles. The van der Waals surface area contributed by atoms with Crippen LogP contribution in [0.1, 0.15) is 6.42 Å². The number of rotatable bonds is 5. The molecule has 13 heavy (non-hydrogen) atoms. The molecule has 3 nitrogen and oxygen atoms in total. The van der Waals surface area contributed by atoms with E-state index in [9.17, 15) is 0 Å². The standard InChI is InChI=1S/C8H14BrN3S/c1-12(2)5-3-4-10-8-11-7(9)6-13-8/h6H,3-5H2,1-2H3,(H,10,11). The summed E-state index contributed by atoms with van der Waals surface area (Å²) in [6.07, 6.45) is 1.14. The van der Waals surface area contributed by atoms with Crippen molar-refractivity contribution < 1.29 is 0 Å². The highest BCUT2D eigenvalue weighted by molar-refractivity contribution is 9.10. The van der Waals surface area contributed by atoms with Gasteiger partial charge >= 0.3 is 0 Å². The first-order valence-electron chi connectivity index (χ1n) is 4.18. The summed E-state index contributed by atoms with van der Waals surface area (Å²) in [5, 5.41) is 6.24. The summed E-state index contributed by atoms with van der Waals surface area (Å²) < 4.78 is 0.910. The van der Waals surface area contributed by atoms with Crippen LogP contribution in [-0.2, 0) is 0 Å². The van der Waals surface area contributed by atoms with Crippen LogP contribution in [0, 0.1) is 0 Å². The second-order valence-corrected chi connectivity index (χ2v) is 4.73. The maximum absolute atomic E-state index is 4.24. The van der Waals surface area contributed by atoms with Gasteiger partial charge in [-0.2, -0.15) is 0 Å². The lowest BCUT2D eigenvalue weighted by Crippen LogP contribution is -2.16. The van der Waals surface area contributed by atoms with Gasteiger partial charge in [0.2, 0.25) is 0 Å². The molecule has 0 aliphatic carbocycles. The van der Waals surface area contributed by atoms with Crippen LogP contribution in [0.5, 0.6) is 0 Å². The molecule has 0 amide bonds. The third-order valence-electron chi connectivity index (χ3n) is 1.53. The summed E-state index contributed by atoms with van der Waals surface area (Å²) in [5.74, 6) is 0. The van der Waals surface area contributed by atoms with Gasteiger partial charge in [0, 0.05) is 11.9 Å². The molecule has 74 valence electrons. The number of hydrogen-bond acceptors (Lipinski definition) is 4. The Kier molecular flexibility index (Phi) is 4.69. The molecule has 1 aromatic rings. The number of halogens is 1. The van der Waals surface area contributed by atoms with Crippen LogP contribution in [0.3, 0.4) is 0 Å². The summed E-state index contributed by atoms with van der Waals surface area (Å²) in [6.45, 7) is 2.09. The summed E-state index contributed by atoms with van der Waals surface area (Å²) >= 11 is 4.94. The summed E-state index contributed by atoms with van der Waals surface area (Å²) in [6, 6.07) is 0. The van der Waals surface area contributed by atoms with E-state index in [1.54, 1.807) is 11.3 Å². The Bertz CT molecular complexity index is 249. The quantitative estimate of drug-likeness (QED) is 0.827. The second kappa shape index (κ2) is 5.57. The predicted octanol–water partition coefficient (Wildman–Crippen LogP) is 2.27. The molecule has 1 N–H and O–H groups in total. The van der Waals surface area contributed by atoms with Crippen molar-refractivity contribution in [2.75, 3.05) is 32.5 Å². The molecule has 0 aliphatic heterocycles. The monoisotopic (exact) mass is 263 g/mol. The maximum atomic E-state index is 4.24. The summed E-state index contributed by atoms with van der Waals surface area (Å²) in [4.78, 5) is 6.42. The number of nitrogens with zero attached hydrogens (tertiary/aromatic N) is 2. The average molecular weight is 264 g/mol. The normalized spacial score (nSPS) is 10.8. The van der Waals surface area contributed by atoms with E-state index in [1.165, 1.54) is 0 Å². The van der Waals surface area contributed by atoms with Crippen LogP contribution < -0.4 is 5.32 Å². The van der Waals surface area contributed by atoms with Gasteiger partial charge in [0.25, 0.3) is 0 Å². The number of nitrogens with one attached hydrogen (secondary N) is 1. The topological polar surface area (TPSA) is 28.2 Å². The molecule has 0 atom stereocenters. The van der Waals surface area contributed by atoms with Gasteiger partial charge in [0.05, 0.1) is 0 Å². The molecule has 5 heteroatoms. The van der Waals surface area contributed by atoms with E-state index in [0.717, 1.165) is 29.2 Å². The molecule has 1 heterocycles. The highest BCUT2D eigenvalue weighted by Gasteiger charge is 1.97. The van der Waals surface area contributed by atoms with Crippen LogP contribution in [0.4, 0.5) is 5.13 Å². The zero-order valence-electron chi connectivity index (χ0n) is 7.88. The van der Waals surface area contributed by atoms with Crippen molar-refractivity contribution in [1.29, 1.82) is 0 Å². The average Bonchev–Trinajstić information content (AvgIpc) is 2.45. The number of anilines is 1. The minimum Gasteiger partial charge on any atom is -0.361 e. The van der Waals surface area contributed by atoms with Gasteiger partial charge in [-0.3, -0.25) is 0 Å². The maximum Gasteiger partial charge on any atom is 0.183 e. The molecule has 0 spiro atoms. The van der Waals surface area contributed by atoms with Crippen molar-refractivity contribution in [2.24, 2.45) is 0 Å². The zero-order valence-corrected chi connectivity index (χ0v) is 10.3. The lowest BCUT2D eigenvalue weighted by molar-refractivity contribution is 0.405. The number of hydrogen-bond donors (Lipinski definition) is 1.